The summed E-state index contributed by atoms with van der Waals surface area (Å²) < 4.78 is 1.03. The quantitative estimate of drug-likeness (QED) is 0.772. The van der Waals surface area contributed by atoms with Crippen molar-refractivity contribution in [3.8, 4) is 0 Å². The maximum Gasteiger partial charge on any atom is 0.269 e. The lowest BCUT2D eigenvalue weighted by Crippen LogP contribution is -2.25. The largest absolute Gasteiger partial charge is 0.355 e. The highest BCUT2D eigenvalue weighted by Crippen LogP contribution is 2.19. The van der Waals surface area contributed by atoms with Crippen LogP contribution < -0.4 is 10.6 Å². The smallest absolute Gasteiger partial charge is 0.269 e. The third kappa shape index (κ3) is 4.86. The van der Waals surface area contributed by atoms with E-state index in [1.54, 1.807) is 12.3 Å². The van der Waals surface area contributed by atoms with E-state index in [9.17, 15) is 4.79 Å². The van der Waals surface area contributed by atoms with E-state index in [0.29, 0.717) is 12.2 Å². The Morgan fingerprint density at radius 3 is 2.67 bits per heavy atom. The molecule has 0 fully saturated rings. The van der Waals surface area contributed by atoms with Gasteiger partial charge in [0.05, 0.1) is 0 Å². The van der Waals surface area contributed by atoms with Crippen LogP contribution in [0, 0.1) is 0 Å². The summed E-state index contributed by atoms with van der Waals surface area (Å²) in [6, 6.07) is 11.4. The summed E-state index contributed by atoms with van der Waals surface area (Å²) in [6.45, 7) is 2.77. The third-order valence-electron chi connectivity index (χ3n) is 2.94. The standard InChI is InChI=1S/C16H18BrN3O/c1-2-3-9-19-16(21)15-11-14(8-10-18-15)20-13-6-4-12(17)5-7-13/h4-8,10-11H,2-3,9H2,1H3,(H,18,20)(H,19,21). The molecule has 0 aliphatic carbocycles. The number of benzene rings is 1. The van der Waals surface area contributed by atoms with Crippen molar-refractivity contribution >= 4 is 33.2 Å². The Bertz CT molecular complexity index is 599. The Labute approximate surface area is 133 Å². The van der Waals surface area contributed by atoms with Crippen LogP contribution in [-0.4, -0.2) is 17.4 Å². The Balaban J connectivity index is 2.03. The molecule has 0 spiro atoms. The average Bonchev–Trinajstić information content (AvgIpc) is 2.50. The molecule has 1 heterocycles. The van der Waals surface area contributed by atoms with Gasteiger partial charge in [-0.25, -0.2) is 0 Å². The molecule has 0 aliphatic rings. The van der Waals surface area contributed by atoms with Crippen LogP contribution >= 0.6 is 15.9 Å². The Hall–Kier alpha value is -1.88. The number of pyridine rings is 1. The zero-order valence-electron chi connectivity index (χ0n) is 11.9. The van der Waals surface area contributed by atoms with Gasteiger partial charge in [-0.3, -0.25) is 9.78 Å². The van der Waals surface area contributed by atoms with Gasteiger partial charge in [0.15, 0.2) is 0 Å². The highest BCUT2D eigenvalue weighted by atomic mass is 79.9. The normalized spacial score (nSPS) is 10.2. The van der Waals surface area contributed by atoms with Crippen molar-refractivity contribution in [1.29, 1.82) is 0 Å². The van der Waals surface area contributed by atoms with Crippen LogP contribution in [0.2, 0.25) is 0 Å². The minimum absolute atomic E-state index is 0.136. The first-order valence-corrected chi connectivity index (χ1v) is 7.75. The second-order valence-electron chi connectivity index (χ2n) is 4.67. The van der Waals surface area contributed by atoms with Gasteiger partial charge >= 0.3 is 0 Å². The van der Waals surface area contributed by atoms with Crippen LogP contribution in [0.1, 0.15) is 30.3 Å². The van der Waals surface area contributed by atoms with Crippen molar-refractivity contribution in [3.05, 3.63) is 52.8 Å². The third-order valence-corrected chi connectivity index (χ3v) is 3.47. The zero-order chi connectivity index (χ0) is 15.1. The van der Waals surface area contributed by atoms with E-state index in [0.717, 1.165) is 28.7 Å². The molecular formula is C16H18BrN3O. The molecule has 1 aromatic carbocycles. The van der Waals surface area contributed by atoms with Crippen LogP contribution in [0.5, 0.6) is 0 Å². The number of rotatable bonds is 6. The van der Waals surface area contributed by atoms with E-state index in [4.69, 9.17) is 0 Å². The van der Waals surface area contributed by atoms with Crippen molar-refractivity contribution in [1.82, 2.24) is 10.3 Å². The molecule has 1 amide bonds. The lowest BCUT2D eigenvalue weighted by atomic mass is 10.2. The molecular weight excluding hydrogens is 330 g/mol. The molecule has 5 heteroatoms. The number of carbonyl (C=O) groups is 1. The fourth-order valence-corrected chi connectivity index (χ4v) is 2.07. The maximum atomic E-state index is 12.0. The SMILES string of the molecule is CCCCNC(=O)c1cc(Nc2ccc(Br)cc2)ccn1. The number of hydrogen-bond donors (Lipinski definition) is 2. The lowest BCUT2D eigenvalue weighted by molar-refractivity contribution is 0.0948. The van der Waals surface area contributed by atoms with Gasteiger partial charge in [-0.15, -0.1) is 0 Å². The van der Waals surface area contributed by atoms with Gasteiger partial charge in [0.1, 0.15) is 5.69 Å². The first-order valence-electron chi connectivity index (χ1n) is 6.96. The lowest BCUT2D eigenvalue weighted by Gasteiger charge is -2.08. The summed E-state index contributed by atoms with van der Waals surface area (Å²) in [7, 11) is 0. The number of nitrogens with zero attached hydrogens (tertiary/aromatic N) is 1. The van der Waals surface area contributed by atoms with Crippen LogP contribution in [-0.2, 0) is 0 Å². The Morgan fingerprint density at radius 1 is 1.19 bits per heavy atom. The van der Waals surface area contributed by atoms with Gasteiger partial charge < -0.3 is 10.6 Å². The van der Waals surface area contributed by atoms with Crippen molar-refractivity contribution in [2.24, 2.45) is 0 Å². The maximum absolute atomic E-state index is 12.0. The molecule has 0 saturated heterocycles. The Kier molecular flexibility index (Phi) is 5.75. The molecule has 110 valence electrons. The molecule has 2 rings (SSSR count). The zero-order valence-corrected chi connectivity index (χ0v) is 13.5. The van der Waals surface area contributed by atoms with Crippen LogP contribution in [0.4, 0.5) is 11.4 Å². The number of carbonyl (C=O) groups excluding carboxylic acids is 1. The van der Waals surface area contributed by atoms with E-state index >= 15 is 0 Å². The topological polar surface area (TPSA) is 54.0 Å². The van der Waals surface area contributed by atoms with Crippen molar-refractivity contribution in [2.75, 3.05) is 11.9 Å². The molecule has 0 atom stereocenters. The summed E-state index contributed by atoms with van der Waals surface area (Å²) in [5.41, 5.74) is 2.22. The van der Waals surface area contributed by atoms with Crippen molar-refractivity contribution in [3.63, 3.8) is 0 Å². The van der Waals surface area contributed by atoms with Gasteiger partial charge in [-0.2, -0.15) is 0 Å². The molecule has 0 saturated carbocycles. The van der Waals surface area contributed by atoms with Gasteiger partial charge in [0.2, 0.25) is 0 Å². The highest BCUT2D eigenvalue weighted by Gasteiger charge is 2.07. The van der Waals surface area contributed by atoms with Crippen molar-refractivity contribution < 1.29 is 4.79 Å². The van der Waals surface area contributed by atoms with Crippen molar-refractivity contribution in [2.45, 2.75) is 19.8 Å². The van der Waals surface area contributed by atoms with E-state index in [1.165, 1.54) is 0 Å². The molecule has 0 unspecified atom stereocenters. The van der Waals surface area contributed by atoms with Gasteiger partial charge in [-0.05, 0) is 42.8 Å². The predicted octanol–water partition coefficient (Wildman–Crippen LogP) is 4.12. The molecule has 0 radical (unpaired) electrons. The number of aromatic nitrogens is 1. The average molecular weight is 348 g/mol. The number of hydrogen-bond acceptors (Lipinski definition) is 3. The monoisotopic (exact) mass is 347 g/mol. The number of nitrogens with one attached hydrogen (secondary N) is 2. The van der Waals surface area contributed by atoms with E-state index in [1.807, 2.05) is 30.3 Å². The van der Waals surface area contributed by atoms with E-state index in [-0.39, 0.29) is 5.91 Å². The summed E-state index contributed by atoms with van der Waals surface area (Å²) >= 11 is 3.40. The first-order chi connectivity index (χ1) is 10.2. The number of amides is 1. The number of unbranched alkanes of at least 4 members (excludes halogenated alkanes) is 1. The minimum atomic E-state index is -0.136. The van der Waals surface area contributed by atoms with Crippen LogP contribution in [0.25, 0.3) is 0 Å². The molecule has 4 nitrogen and oxygen atoms in total. The van der Waals surface area contributed by atoms with Crippen LogP contribution in [0.15, 0.2) is 47.1 Å². The molecule has 2 N–H and O–H groups in total. The predicted molar refractivity (Wildman–Crippen MR) is 88.9 cm³/mol. The fraction of sp³-hybridized carbons (Fsp3) is 0.250. The molecule has 0 bridgehead atoms. The van der Waals surface area contributed by atoms with Gasteiger partial charge in [-0.1, -0.05) is 29.3 Å². The number of halogens is 1. The minimum Gasteiger partial charge on any atom is -0.355 e. The van der Waals surface area contributed by atoms with Crippen LogP contribution in [0.3, 0.4) is 0 Å². The van der Waals surface area contributed by atoms with Gasteiger partial charge in [0, 0.05) is 28.6 Å². The summed E-state index contributed by atoms with van der Waals surface area (Å²) in [6.07, 6.45) is 3.66. The molecule has 0 aliphatic heterocycles. The molecule has 2 aromatic rings. The van der Waals surface area contributed by atoms with E-state index in [2.05, 4.69) is 38.5 Å². The summed E-state index contributed by atoms with van der Waals surface area (Å²) in [5.74, 6) is -0.136. The fourth-order valence-electron chi connectivity index (χ4n) is 1.80. The highest BCUT2D eigenvalue weighted by molar-refractivity contribution is 9.10. The number of anilines is 2. The van der Waals surface area contributed by atoms with E-state index < -0.39 is 0 Å². The second kappa shape index (κ2) is 7.78. The summed E-state index contributed by atoms with van der Waals surface area (Å²) in [4.78, 5) is 16.1. The van der Waals surface area contributed by atoms with Gasteiger partial charge in [0.25, 0.3) is 5.91 Å². The summed E-state index contributed by atoms with van der Waals surface area (Å²) in [5, 5.41) is 6.12. The first kappa shape index (κ1) is 15.5. The molecule has 1 aromatic heterocycles. The molecule has 21 heavy (non-hydrogen) atoms. The Morgan fingerprint density at radius 2 is 1.95 bits per heavy atom. The second-order valence-corrected chi connectivity index (χ2v) is 5.59.